The highest BCUT2D eigenvalue weighted by atomic mass is 16.5. The van der Waals surface area contributed by atoms with Crippen molar-refractivity contribution >= 4 is 11.9 Å². The van der Waals surface area contributed by atoms with E-state index in [4.69, 9.17) is 4.74 Å². The lowest BCUT2D eigenvalue weighted by Gasteiger charge is -2.04. The number of carbonyl (C=O) groups is 2. The Bertz CT molecular complexity index is 1290. The molecule has 5 rings (SSSR count). The summed E-state index contributed by atoms with van der Waals surface area (Å²) in [6, 6.07) is 32.6. The van der Waals surface area contributed by atoms with Gasteiger partial charge in [0, 0.05) is 24.8 Å². The van der Waals surface area contributed by atoms with Gasteiger partial charge in [-0.25, -0.2) is 0 Å². The van der Waals surface area contributed by atoms with E-state index in [-0.39, 0.29) is 11.9 Å². The predicted octanol–water partition coefficient (Wildman–Crippen LogP) is 6.84. The van der Waals surface area contributed by atoms with Crippen LogP contribution in [0.4, 0.5) is 0 Å². The largest absolute Gasteiger partial charge is 0.426 e. The van der Waals surface area contributed by atoms with Crippen LogP contribution in [0.2, 0.25) is 0 Å². The molecule has 0 spiro atoms. The van der Waals surface area contributed by atoms with Gasteiger partial charge in [-0.1, -0.05) is 77.9 Å². The van der Waals surface area contributed by atoms with Gasteiger partial charge in [0.15, 0.2) is 0 Å². The molecule has 5 heteroatoms. The number of hydrogen-bond acceptors (Lipinski definition) is 3. The fourth-order valence-electron chi connectivity index (χ4n) is 3.28. The third kappa shape index (κ3) is 10.2. The molecule has 0 aliphatic heterocycles. The van der Waals surface area contributed by atoms with Crippen molar-refractivity contribution in [2.75, 3.05) is 0 Å². The number of aryl methyl sites for hydroxylation is 2. The standard InChI is InChI=1S/C15H14O2.C13H13NO.C4H5N/c1-12-7-9-13(10-8-12)11-15(16)17-14-5-3-2-4-6-14;1-11-4-6-12(7-5-11)10-13(15)14-8-2-3-9-14;1-2-4-5-3-1/h2-10H,11H2,1H3;2-9H,10H2,1H3;1-5H. The van der Waals surface area contributed by atoms with Gasteiger partial charge in [0.2, 0.25) is 5.91 Å². The molecular weight excluding hydrogens is 460 g/mol. The molecule has 5 aromatic rings. The summed E-state index contributed by atoms with van der Waals surface area (Å²) in [6.45, 7) is 4.06. The molecule has 0 amide bonds. The van der Waals surface area contributed by atoms with E-state index in [1.807, 2.05) is 117 Å². The summed E-state index contributed by atoms with van der Waals surface area (Å²) in [5.74, 6) is 0.452. The number of ether oxygens (including phenoxy) is 1. The molecule has 0 saturated heterocycles. The Kier molecular flexibility index (Phi) is 10.7. The van der Waals surface area contributed by atoms with E-state index < -0.39 is 0 Å². The average Bonchev–Trinajstić information content (AvgIpc) is 3.65. The van der Waals surface area contributed by atoms with Gasteiger partial charge in [-0.05, 0) is 61.4 Å². The second kappa shape index (κ2) is 14.7. The van der Waals surface area contributed by atoms with Gasteiger partial charge < -0.3 is 9.72 Å². The number of esters is 1. The molecule has 188 valence electrons. The molecule has 0 radical (unpaired) electrons. The van der Waals surface area contributed by atoms with Crippen LogP contribution in [-0.4, -0.2) is 21.4 Å². The van der Waals surface area contributed by atoms with E-state index >= 15 is 0 Å². The van der Waals surface area contributed by atoms with Crippen molar-refractivity contribution in [2.45, 2.75) is 26.7 Å². The number of aromatic amines is 1. The Morgan fingerprint density at radius 3 is 1.65 bits per heavy atom. The molecule has 0 atom stereocenters. The maximum Gasteiger partial charge on any atom is 0.315 e. The van der Waals surface area contributed by atoms with Gasteiger partial charge in [-0.2, -0.15) is 0 Å². The number of carbonyl (C=O) groups excluding carboxylic acids is 2. The van der Waals surface area contributed by atoms with Gasteiger partial charge in [0.1, 0.15) is 5.75 Å². The van der Waals surface area contributed by atoms with Crippen molar-refractivity contribution in [3.8, 4) is 5.75 Å². The number of aromatic nitrogens is 2. The highest BCUT2D eigenvalue weighted by Gasteiger charge is 2.06. The molecule has 0 aliphatic rings. The summed E-state index contributed by atoms with van der Waals surface area (Å²) >= 11 is 0. The Morgan fingerprint density at radius 2 is 1.16 bits per heavy atom. The highest BCUT2D eigenvalue weighted by molar-refractivity contribution is 5.81. The fourth-order valence-corrected chi connectivity index (χ4v) is 3.28. The molecule has 37 heavy (non-hydrogen) atoms. The number of nitrogens with one attached hydrogen (secondary N) is 1. The van der Waals surface area contributed by atoms with Crippen molar-refractivity contribution < 1.29 is 14.3 Å². The Morgan fingerprint density at radius 1 is 0.649 bits per heavy atom. The van der Waals surface area contributed by atoms with Crippen LogP contribution in [-0.2, 0) is 17.6 Å². The minimum absolute atomic E-state index is 0.101. The Balaban J connectivity index is 0.000000174. The first-order chi connectivity index (χ1) is 18.0. The van der Waals surface area contributed by atoms with Gasteiger partial charge in [0.25, 0.3) is 0 Å². The molecular formula is C32H32N2O3. The van der Waals surface area contributed by atoms with Crippen molar-refractivity contribution in [1.82, 2.24) is 9.55 Å². The normalized spacial score (nSPS) is 9.78. The van der Waals surface area contributed by atoms with Crippen molar-refractivity contribution in [3.63, 3.8) is 0 Å². The van der Waals surface area contributed by atoms with Crippen LogP contribution in [0, 0.1) is 13.8 Å². The second-order valence-electron chi connectivity index (χ2n) is 8.48. The van der Waals surface area contributed by atoms with Crippen LogP contribution in [0.25, 0.3) is 0 Å². The minimum atomic E-state index is -0.236. The van der Waals surface area contributed by atoms with Crippen LogP contribution in [0.5, 0.6) is 5.75 Å². The minimum Gasteiger partial charge on any atom is -0.426 e. The molecule has 0 bridgehead atoms. The fraction of sp³-hybridized carbons (Fsp3) is 0.125. The van der Waals surface area contributed by atoms with E-state index in [2.05, 4.69) is 4.98 Å². The zero-order valence-corrected chi connectivity index (χ0v) is 21.2. The smallest absolute Gasteiger partial charge is 0.315 e. The zero-order chi connectivity index (χ0) is 26.3. The highest BCUT2D eigenvalue weighted by Crippen LogP contribution is 2.11. The summed E-state index contributed by atoms with van der Waals surface area (Å²) < 4.78 is 6.82. The lowest BCUT2D eigenvalue weighted by atomic mass is 10.1. The number of hydrogen-bond donors (Lipinski definition) is 1. The summed E-state index contributed by atoms with van der Waals surface area (Å²) in [6.07, 6.45) is 8.05. The van der Waals surface area contributed by atoms with Crippen LogP contribution in [0.15, 0.2) is 128 Å². The van der Waals surface area contributed by atoms with Crippen molar-refractivity contribution in [2.24, 2.45) is 0 Å². The quantitative estimate of drug-likeness (QED) is 0.216. The molecule has 0 aliphatic carbocycles. The summed E-state index contributed by atoms with van der Waals surface area (Å²) in [7, 11) is 0. The van der Waals surface area contributed by atoms with Crippen LogP contribution in [0.1, 0.15) is 27.0 Å². The van der Waals surface area contributed by atoms with E-state index in [9.17, 15) is 9.59 Å². The van der Waals surface area contributed by atoms with E-state index in [0.29, 0.717) is 18.6 Å². The molecule has 0 saturated carbocycles. The lowest BCUT2D eigenvalue weighted by Crippen LogP contribution is -2.11. The first-order valence-electron chi connectivity index (χ1n) is 12.1. The van der Waals surface area contributed by atoms with Crippen molar-refractivity contribution in [3.05, 3.63) is 150 Å². The second-order valence-corrected chi connectivity index (χ2v) is 8.48. The summed E-state index contributed by atoms with van der Waals surface area (Å²) in [5, 5.41) is 0. The molecule has 0 unspecified atom stereocenters. The van der Waals surface area contributed by atoms with E-state index in [1.54, 1.807) is 29.1 Å². The lowest BCUT2D eigenvalue weighted by molar-refractivity contribution is -0.133. The van der Waals surface area contributed by atoms with Crippen LogP contribution < -0.4 is 4.74 Å². The monoisotopic (exact) mass is 492 g/mol. The maximum absolute atomic E-state index is 11.7. The van der Waals surface area contributed by atoms with Crippen LogP contribution in [0.3, 0.4) is 0 Å². The maximum atomic E-state index is 11.7. The molecule has 2 aromatic heterocycles. The van der Waals surface area contributed by atoms with Gasteiger partial charge >= 0.3 is 5.97 Å². The van der Waals surface area contributed by atoms with Crippen molar-refractivity contribution in [1.29, 1.82) is 0 Å². The van der Waals surface area contributed by atoms with Gasteiger partial charge in [-0.15, -0.1) is 0 Å². The topological polar surface area (TPSA) is 64.1 Å². The third-order valence-electron chi connectivity index (χ3n) is 5.31. The summed E-state index contributed by atoms with van der Waals surface area (Å²) in [4.78, 5) is 26.2. The van der Waals surface area contributed by atoms with Crippen LogP contribution >= 0.6 is 0 Å². The SMILES string of the molecule is Cc1ccc(CC(=O)Oc2ccccc2)cc1.Cc1ccc(CC(=O)n2cccc2)cc1.c1cc[nH]c1. The van der Waals surface area contributed by atoms with Gasteiger partial charge in [0.05, 0.1) is 12.8 Å². The number of H-pyrrole nitrogens is 1. The average molecular weight is 493 g/mol. The first-order valence-corrected chi connectivity index (χ1v) is 12.1. The predicted molar refractivity (Wildman–Crippen MR) is 148 cm³/mol. The van der Waals surface area contributed by atoms with E-state index in [1.165, 1.54) is 11.1 Å². The molecule has 2 heterocycles. The molecule has 1 N–H and O–H groups in total. The number of rotatable bonds is 5. The number of benzene rings is 3. The van der Waals surface area contributed by atoms with Gasteiger partial charge in [-0.3, -0.25) is 14.2 Å². The Hall–Kier alpha value is -4.64. The zero-order valence-electron chi connectivity index (χ0n) is 21.2. The first kappa shape index (κ1) is 27.0. The summed E-state index contributed by atoms with van der Waals surface area (Å²) in [5.41, 5.74) is 4.42. The molecule has 5 nitrogen and oxygen atoms in total. The van der Waals surface area contributed by atoms with E-state index in [0.717, 1.165) is 11.1 Å². The number of nitrogens with zero attached hydrogens (tertiary/aromatic N) is 1. The molecule has 0 fully saturated rings. The number of para-hydroxylation sites is 1. The molecule has 3 aromatic carbocycles. The third-order valence-corrected chi connectivity index (χ3v) is 5.31. The Labute approximate surface area is 218 Å².